The number of amides is 1. The molecule has 22 heavy (non-hydrogen) atoms. The summed E-state index contributed by atoms with van der Waals surface area (Å²) >= 11 is 1.09. The van der Waals surface area contributed by atoms with Gasteiger partial charge in [0.1, 0.15) is 11.6 Å². The van der Waals surface area contributed by atoms with Crippen molar-refractivity contribution in [1.29, 1.82) is 0 Å². The maximum absolute atomic E-state index is 13.4. The van der Waals surface area contributed by atoms with Crippen LogP contribution in [0.25, 0.3) is 5.78 Å². The molecule has 0 aliphatic carbocycles. The zero-order valence-electron chi connectivity index (χ0n) is 11.0. The van der Waals surface area contributed by atoms with Gasteiger partial charge < -0.3 is 5.32 Å². The van der Waals surface area contributed by atoms with Crippen molar-refractivity contribution < 1.29 is 13.6 Å². The first-order valence-electron chi connectivity index (χ1n) is 6.17. The second-order valence-electron chi connectivity index (χ2n) is 4.22. The number of carbonyl (C=O) groups excluding carboxylic acids is 1. The number of hydrogen-bond acceptors (Lipinski definition) is 5. The van der Waals surface area contributed by atoms with Crippen molar-refractivity contribution in [3.8, 4) is 0 Å². The molecule has 3 rings (SSSR count). The molecular weight excluding hydrogens is 312 g/mol. The number of nitrogens with zero attached hydrogens (tertiary/aromatic N) is 4. The number of anilines is 1. The number of carbonyl (C=O) groups is 1. The molecule has 0 saturated heterocycles. The lowest BCUT2D eigenvalue weighted by atomic mass is 10.3. The molecule has 0 atom stereocenters. The molecule has 0 aliphatic rings. The summed E-state index contributed by atoms with van der Waals surface area (Å²) in [6.45, 7) is 0. The zero-order chi connectivity index (χ0) is 15.5. The number of nitrogens with one attached hydrogen (secondary N) is 1. The summed E-state index contributed by atoms with van der Waals surface area (Å²) in [6.07, 6.45) is 3.27. The van der Waals surface area contributed by atoms with Gasteiger partial charge in [0.05, 0.1) is 11.4 Å². The number of rotatable bonds is 4. The Kier molecular flexibility index (Phi) is 3.96. The van der Waals surface area contributed by atoms with Crippen LogP contribution < -0.4 is 5.32 Å². The van der Waals surface area contributed by atoms with E-state index in [9.17, 15) is 13.6 Å². The van der Waals surface area contributed by atoms with Gasteiger partial charge in [-0.1, -0.05) is 11.8 Å². The van der Waals surface area contributed by atoms with Gasteiger partial charge in [-0.2, -0.15) is 4.98 Å². The van der Waals surface area contributed by atoms with E-state index in [4.69, 9.17) is 0 Å². The van der Waals surface area contributed by atoms with Gasteiger partial charge in [-0.25, -0.2) is 18.3 Å². The minimum atomic E-state index is -0.826. The summed E-state index contributed by atoms with van der Waals surface area (Å²) in [6, 6.07) is 4.65. The first-order valence-corrected chi connectivity index (χ1v) is 7.15. The molecule has 0 fully saturated rings. The van der Waals surface area contributed by atoms with Crippen LogP contribution >= 0.6 is 11.8 Å². The largest absolute Gasteiger partial charge is 0.323 e. The van der Waals surface area contributed by atoms with Crippen LogP contribution in [0, 0.1) is 11.6 Å². The van der Waals surface area contributed by atoms with Gasteiger partial charge >= 0.3 is 0 Å². The third-order valence-corrected chi connectivity index (χ3v) is 3.47. The van der Waals surface area contributed by atoms with Crippen molar-refractivity contribution >= 4 is 29.1 Å². The lowest BCUT2D eigenvalue weighted by Gasteiger charge is -2.05. The molecular formula is C13H9F2N5OS. The van der Waals surface area contributed by atoms with E-state index in [1.165, 1.54) is 10.6 Å². The minimum absolute atomic E-state index is 0.00625. The van der Waals surface area contributed by atoms with Gasteiger partial charge in [0, 0.05) is 18.5 Å². The highest BCUT2D eigenvalue weighted by Gasteiger charge is 2.11. The van der Waals surface area contributed by atoms with E-state index in [0.717, 1.165) is 17.8 Å². The second-order valence-corrected chi connectivity index (χ2v) is 5.16. The average Bonchev–Trinajstić information content (AvgIpc) is 2.91. The predicted octanol–water partition coefficient (Wildman–Crippen LogP) is 2.13. The molecule has 6 nitrogen and oxygen atoms in total. The number of thioether (sulfide) groups is 1. The van der Waals surface area contributed by atoms with Crippen molar-refractivity contribution in [2.24, 2.45) is 0 Å². The average molecular weight is 321 g/mol. The van der Waals surface area contributed by atoms with E-state index in [-0.39, 0.29) is 11.4 Å². The molecule has 0 bridgehead atoms. The Morgan fingerprint density at radius 2 is 2.23 bits per heavy atom. The van der Waals surface area contributed by atoms with E-state index in [2.05, 4.69) is 20.4 Å². The van der Waals surface area contributed by atoms with Gasteiger partial charge in [-0.3, -0.25) is 4.79 Å². The van der Waals surface area contributed by atoms with Gasteiger partial charge in [-0.05, 0) is 18.2 Å². The Bertz CT molecular complexity index is 805. The fourth-order valence-corrected chi connectivity index (χ4v) is 2.31. The Morgan fingerprint density at radius 3 is 3.00 bits per heavy atom. The van der Waals surface area contributed by atoms with Crippen LogP contribution in [0.5, 0.6) is 0 Å². The van der Waals surface area contributed by atoms with Crippen LogP contribution in [0.3, 0.4) is 0 Å². The van der Waals surface area contributed by atoms with Gasteiger partial charge in [0.2, 0.25) is 11.1 Å². The van der Waals surface area contributed by atoms with Crippen LogP contribution in [0.1, 0.15) is 0 Å². The van der Waals surface area contributed by atoms with Crippen LogP contribution in [-0.2, 0) is 4.79 Å². The molecule has 2 heterocycles. The summed E-state index contributed by atoms with van der Waals surface area (Å²) < 4.78 is 27.7. The van der Waals surface area contributed by atoms with Gasteiger partial charge in [0.15, 0.2) is 0 Å². The normalized spacial score (nSPS) is 10.8. The molecule has 2 aromatic heterocycles. The topological polar surface area (TPSA) is 72.2 Å². The Morgan fingerprint density at radius 1 is 1.36 bits per heavy atom. The van der Waals surface area contributed by atoms with E-state index < -0.39 is 17.5 Å². The molecule has 0 aliphatic heterocycles. The molecule has 0 radical (unpaired) electrons. The highest BCUT2D eigenvalue weighted by atomic mass is 32.2. The fraction of sp³-hybridized carbons (Fsp3) is 0.0769. The molecule has 0 spiro atoms. The molecule has 0 saturated carbocycles. The van der Waals surface area contributed by atoms with E-state index in [0.29, 0.717) is 17.0 Å². The summed E-state index contributed by atoms with van der Waals surface area (Å²) in [5.41, 5.74) is -0.0726. The third kappa shape index (κ3) is 3.19. The van der Waals surface area contributed by atoms with Crippen molar-refractivity contribution in [2.75, 3.05) is 11.1 Å². The molecule has 0 unspecified atom stereocenters. The van der Waals surface area contributed by atoms with Crippen LogP contribution in [0.15, 0.2) is 41.8 Å². The first kappa shape index (κ1) is 14.4. The number of hydrogen-bond donors (Lipinski definition) is 1. The predicted molar refractivity (Wildman–Crippen MR) is 76.5 cm³/mol. The number of aromatic nitrogens is 4. The number of benzene rings is 1. The van der Waals surface area contributed by atoms with Crippen LogP contribution in [0.2, 0.25) is 0 Å². The third-order valence-electron chi connectivity index (χ3n) is 2.63. The minimum Gasteiger partial charge on any atom is -0.323 e. The van der Waals surface area contributed by atoms with Crippen molar-refractivity contribution in [1.82, 2.24) is 19.6 Å². The van der Waals surface area contributed by atoms with E-state index in [1.54, 1.807) is 18.5 Å². The SMILES string of the molecule is O=C(CSc1nc2ncccn2n1)Nc1ccc(F)cc1F. The first-order chi connectivity index (χ1) is 10.6. The lowest BCUT2D eigenvalue weighted by molar-refractivity contribution is -0.113. The Hall–Kier alpha value is -2.55. The maximum atomic E-state index is 13.4. The fourth-order valence-electron chi connectivity index (χ4n) is 1.68. The molecule has 1 amide bonds. The second kappa shape index (κ2) is 6.06. The Labute approximate surface area is 127 Å². The highest BCUT2D eigenvalue weighted by molar-refractivity contribution is 7.99. The maximum Gasteiger partial charge on any atom is 0.253 e. The smallest absolute Gasteiger partial charge is 0.253 e. The standard InChI is InChI=1S/C13H9F2N5OS/c14-8-2-3-10(9(15)6-8)17-11(21)7-22-13-18-12-16-4-1-5-20(12)19-13/h1-6H,7H2,(H,17,21). The quantitative estimate of drug-likeness (QED) is 0.745. The summed E-state index contributed by atoms with van der Waals surface area (Å²) in [5.74, 6) is -1.55. The lowest BCUT2D eigenvalue weighted by Crippen LogP contribution is -2.15. The molecule has 112 valence electrons. The van der Waals surface area contributed by atoms with Crippen LogP contribution in [0.4, 0.5) is 14.5 Å². The summed E-state index contributed by atoms with van der Waals surface area (Å²) in [5, 5.41) is 6.87. The van der Waals surface area contributed by atoms with Crippen molar-refractivity contribution in [3.05, 3.63) is 48.3 Å². The number of fused-ring (bicyclic) bond motifs is 1. The van der Waals surface area contributed by atoms with E-state index in [1.807, 2.05) is 0 Å². The number of halogens is 2. The molecule has 1 N–H and O–H groups in total. The van der Waals surface area contributed by atoms with E-state index >= 15 is 0 Å². The van der Waals surface area contributed by atoms with Gasteiger partial charge in [0.25, 0.3) is 5.78 Å². The molecule has 3 aromatic rings. The molecule has 1 aromatic carbocycles. The monoisotopic (exact) mass is 321 g/mol. The highest BCUT2D eigenvalue weighted by Crippen LogP contribution is 2.17. The summed E-state index contributed by atoms with van der Waals surface area (Å²) in [4.78, 5) is 19.9. The Balaban J connectivity index is 1.62. The van der Waals surface area contributed by atoms with Crippen LogP contribution in [-0.4, -0.2) is 31.2 Å². The molecule has 9 heteroatoms. The van der Waals surface area contributed by atoms with Gasteiger partial charge in [-0.15, -0.1) is 5.10 Å². The van der Waals surface area contributed by atoms with Crippen molar-refractivity contribution in [3.63, 3.8) is 0 Å². The van der Waals surface area contributed by atoms with Crippen molar-refractivity contribution in [2.45, 2.75) is 5.16 Å². The zero-order valence-corrected chi connectivity index (χ0v) is 11.8. The summed E-state index contributed by atoms with van der Waals surface area (Å²) in [7, 11) is 0.